The number of carbonyl (C=O) groups is 1. The van der Waals surface area contributed by atoms with Gasteiger partial charge in [-0.2, -0.15) is 10.1 Å². The molecule has 0 spiro atoms. The first-order valence-corrected chi connectivity index (χ1v) is 13.0. The maximum absolute atomic E-state index is 14.1. The number of halogens is 2. The van der Waals surface area contributed by atoms with Crippen LogP contribution in [0.25, 0.3) is 0 Å². The van der Waals surface area contributed by atoms with Gasteiger partial charge in [0.15, 0.2) is 17.9 Å². The highest BCUT2D eigenvalue weighted by Gasteiger charge is 2.56. The Morgan fingerprint density at radius 3 is 2.61 bits per heavy atom. The van der Waals surface area contributed by atoms with Gasteiger partial charge in [0.05, 0.1) is 18.9 Å². The summed E-state index contributed by atoms with van der Waals surface area (Å²) >= 11 is 0. The number of aliphatic hydroxyl groups excluding tert-OH is 1. The summed E-state index contributed by atoms with van der Waals surface area (Å²) in [6, 6.07) is 6.70. The summed E-state index contributed by atoms with van der Waals surface area (Å²) in [5.41, 5.74) is 7.97. The van der Waals surface area contributed by atoms with Crippen molar-refractivity contribution in [3.63, 3.8) is 0 Å². The van der Waals surface area contributed by atoms with Gasteiger partial charge in [-0.05, 0) is 32.9 Å². The van der Waals surface area contributed by atoms with Gasteiger partial charge in [-0.3, -0.25) is 13.9 Å². The average molecular weight is 561 g/mol. The van der Waals surface area contributed by atoms with Crippen LogP contribution in [-0.4, -0.2) is 63.8 Å². The molecule has 2 unspecified atom stereocenters. The van der Waals surface area contributed by atoms with Crippen molar-refractivity contribution in [1.29, 1.82) is 0 Å². The summed E-state index contributed by atoms with van der Waals surface area (Å²) in [7, 11) is -4.37. The Kier molecular flexibility index (Phi) is 9.23. The summed E-state index contributed by atoms with van der Waals surface area (Å²) in [6.07, 6.45) is -4.85. The number of carbonyl (C=O) groups excluding carboxylic acids is 1. The molecule has 0 amide bonds. The van der Waals surface area contributed by atoms with Crippen molar-refractivity contribution >= 4 is 19.5 Å². The van der Waals surface area contributed by atoms with E-state index >= 15 is 0 Å². The SMILES string of the molecule is CC(C)OC(=O)[C@H](C)NP(=O)(OC[C@H]1O[C@@H](n2cc(F)c(N)nc2=O)[C@@](N)(CF)C1O)Oc1ccccc1. The second-order valence-electron chi connectivity index (χ2n) is 8.92. The highest BCUT2D eigenvalue weighted by atomic mass is 31.2. The van der Waals surface area contributed by atoms with Gasteiger partial charge in [-0.1, -0.05) is 18.2 Å². The van der Waals surface area contributed by atoms with Gasteiger partial charge < -0.3 is 30.6 Å². The van der Waals surface area contributed by atoms with E-state index in [2.05, 4.69) is 10.1 Å². The lowest BCUT2D eigenvalue weighted by atomic mass is 9.92. The van der Waals surface area contributed by atoms with Gasteiger partial charge in [0.25, 0.3) is 0 Å². The Bertz CT molecular complexity index is 1240. The number of aromatic nitrogens is 2. The zero-order valence-corrected chi connectivity index (χ0v) is 21.7. The monoisotopic (exact) mass is 561 g/mol. The number of aliphatic hydroxyl groups is 1. The summed E-state index contributed by atoms with van der Waals surface area (Å²) < 4.78 is 63.9. The highest BCUT2D eigenvalue weighted by Crippen LogP contribution is 2.46. The maximum Gasteiger partial charge on any atom is 0.459 e. The van der Waals surface area contributed by atoms with Crippen LogP contribution in [0.4, 0.5) is 14.6 Å². The molecule has 0 aliphatic carbocycles. The molecular formula is C22H30F2N5O8P. The third-order valence-electron chi connectivity index (χ3n) is 5.52. The standard InChI is InChI=1S/C22H30F2N5O8P/c1-12(2)35-19(31)13(3)28-38(33,37-14-7-5-4-6-8-14)34-10-16-17(30)22(26,11-23)20(36-16)29-9-15(24)18(25)27-21(29)32/h4-9,12-13,16-17,20,30H,10-11,26H2,1-3H3,(H,28,33)(H2,25,27,32)/t13-,16+,17?,20+,22+,38?/m0/s1. The molecule has 13 nitrogen and oxygen atoms in total. The van der Waals surface area contributed by atoms with Gasteiger partial charge in [0.1, 0.15) is 36.2 Å². The molecule has 3 rings (SSSR count). The first-order chi connectivity index (χ1) is 17.8. The summed E-state index contributed by atoms with van der Waals surface area (Å²) in [5.74, 6) is -2.42. The third-order valence-corrected chi connectivity index (χ3v) is 7.16. The molecule has 16 heteroatoms. The fourth-order valence-electron chi connectivity index (χ4n) is 3.59. The van der Waals surface area contributed by atoms with Crippen LogP contribution in [0.1, 0.15) is 27.0 Å². The van der Waals surface area contributed by atoms with E-state index in [4.69, 9.17) is 30.0 Å². The number of nitrogens with zero attached hydrogens (tertiary/aromatic N) is 2. The largest absolute Gasteiger partial charge is 0.462 e. The number of nitrogens with one attached hydrogen (secondary N) is 1. The lowest BCUT2D eigenvalue weighted by molar-refractivity contribution is -0.149. The van der Waals surface area contributed by atoms with E-state index in [1.54, 1.807) is 32.0 Å². The lowest BCUT2D eigenvalue weighted by Crippen LogP contribution is -2.57. The molecule has 1 aliphatic heterocycles. The number of ether oxygens (including phenoxy) is 2. The smallest absolute Gasteiger partial charge is 0.459 e. The van der Waals surface area contributed by atoms with E-state index in [1.807, 2.05) is 0 Å². The number of anilines is 1. The molecular weight excluding hydrogens is 531 g/mol. The number of para-hydroxylation sites is 1. The molecule has 0 saturated carbocycles. The van der Waals surface area contributed by atoms with Crippen molar-refractivity contribution in [2.75, 3.05) is 19.0 Å². The van der Waals surface area contributed by atoms with Crippen LogP contribution >= 0.6 is 7.75 Å². The lowest BCUT2D eigenvalue weighted by Gasteiger charge is -2.30. The van der Waals surface area contributed by atoms with E-state index in [9.17, 15) is 28.0 Å². The molecule has 38 heavy (non-hydrogen) atoms. The van der Waals surface area contributed by atoms with Gasteiger partial charge >= 0.3 is 19.4 Å². The summed E-state index contributed by atoms with van der Waals surface area (Å²) in [5, 5.41) is 13.2. The number of benzene rings is 1. The van der Waals surface area contributed by atoms with Crippen LogP contribution in [0, 0.1) is 5.82 Å². The first-order valence-electron chi connectivity index (χ1n) is 11.5. The molecule has 210 valence electrons. The van der Waals surface area contributed by atoms with Gasteiger partial charge in [-0.15, -0.1) is 0 Å². The molecule has 2 heterocycles. The fraction of sp³-hybridized carbons (Fsp3) is 0.500. The maximum atomic E-state index is 14.1. The van der Waals surface area contributed by atoms with Crippen LogP contribution in [0.5, 0.6) is 5.75 Å². The van der Waals surface area contributed by atoms with Crippen molar-refractivity contribution in [2.24, 2.45) is 5.73 Å². The third kappa shape index (κ3) is 6.54. The molecule has 1 aromatic heterocycles. The molecule has 6 N–H and O–H groups in total. The van der Waals surface area contributed by atoms with Crippen LogP contribution in [0.3, 0.4) is 0 Å². The van der Waals surface area contributed by atoms with Crippen LogP contribution in [0.15, 0.2) is 41.3 Å². The van der Waals surface area contributed by atoms with E-state index in [1.165, 1.54) is 19.1 Å². The highest BCUT2D eigenvalue weighted by molar-refractivity contribution is 7.52. The molecule has 1 saturated heterocycles. The van der Waals surface area contributed by atoms with E-state index in [-0.39, 0.29) is 5.75 Å². The minimum Gasteiger partial charge on any atom is -0.462 e. The van der Waals surface area contributed by atoms with Crippen molar-refractivity contribution < 1.29 is 41.8 Å². The summed E-state index contributed by atoms with van der Waals surface area (Å²) in [6.45, 7) is 2.53. The van der Waals surface area contributed by atoms with Gasteiger partial charge in [0, 0.05) is 0 Å². The number of nitrogen functional groups attached to an aromatic ring is 1. The number of nitrogens with two attached hydrogens (primary N) is 2. The zero-order chi connectivity index (χ0) is 28.3. The molecule has 0 bridgehead atoms. The predicted molar refractivity (Wildman–Crippen MR) is 130 cm³/mol. The quantitative estimate of drug-likeness (QED) is 0.225. The number of esters is 1. The van der Waals surface area contributed by atoms with Crippen LogP contribution in [0.2, 0.25) is 0 Å². The fourth-order valence-corrected chi connectivity index (χ4v) is 5.09. The minimum atomic E-state index is -4.37. The molecule has 1 aromatic carbocycles. The molecule has 2 aromatic rings. The van der Waals surface area contributed by atoms with Crippen molar-refractivity contribution in [2.45, 2.75) is 56.9 Å². The summed E-state index contributed by atoms with van der Waals surface area (Å²) in [4.78, 5) is 27.9. The predicted octanol–water partition coefficient (Wildman–Crippen LogP) is 1.02. The Morgan fingerprint density at radius 1 is 1.34 bits per heavy atom. The Balaban J connectivity index is 1.84. The molecule has 6 atom stereocenters. The Hall–Kier alpha value is -2.94. The van der Waals surface area contributed by atoms with E-state index < -0.39 is 80.4 Å². The molecule has 0 radical (unpaired) electrons. The zero-order valence-electron chi connectivity index (χ0n) is 20.8. The van der Waals surface area contributed by atoms with Crippen LogP contribution in [-0.2, 0) is 23.4 Å². The number of rotatable bonds is 11. The Morgan fingerprint density at radius 2 is 2.00 bits per heavy atom. The van der Waals surface area contributed by atoms with Crippen molar-refractivity contribution in [3.8, 4) is 5.75 Å². The van der Waals surface area contributed by atoms with Crippen molar-refractivity contribution in [1.82, 2.24) is 14.6 Å². The first kappa shape index (κ1) is 29.6. The Labute approximate surface area is 216 Å². The topological polar surface area (TPSA) is 190 Å². The minimum absolute atomic E-state index is 0.116. The van der Waals surface area contributed by atoms with Crippen LogP contribution < -0.4 is 26.8 Å². The van der Waals surface area contributed by atoms with E-state index in [0.29, 0.717) is 10.8 Å². The second kappa shape index (κ2) is 11.8. The average Bonchev–Trinajstić information content (AvgIpc) is 3.10. The number of hydrogen-bond donors (Lipinski definition) is 4. The molecule has 1 fully saturated rings. The second-order valence-corrected chi connectivity index (χ2v) is 10.6. The number of alkyl halides is 1. The normalized spacial score (nSPS) is 25.6. The molecule has 1 aliphatic rings. The number of hydrogen-bond acceptors (Lipinski definition) is 11. The van der Waals surface area contributed by atoms with Crippen molar-refractivity contribution in [3.05, 3.63) is 52.8 Å². The van der Waals surface area contributed by atoms with Gasteiger partial charge in [0.2, 0.25) is 0 Å². The van der Waals surface area contributed by atoms with E-state index in [0.717, 1.165) is 0 Å². The van der Waals surface area contributed by atoms with Gasteiger partial charge in [-0.25, -0.2) is 18.1 Å².